The molecule has 1 fully saturated rings. The van der Waals surface area contributed by atoms with Crippen LogP contribution in [0.2, 0.25) is 0 Å². The number of carbonyl (C=O) groups is 9. The second kappa shape index (κ2) is 29.8. The third kappa shape index (κ3) is 15.0. The van der Waals surface area contributed by atoms with E-state index in [9.17, 15) is 38.8 Å². The van der Waals surface area contributed by atoms with Gasteiger partial charge >= 0.3 is 41.8 Å². The van der Waals surface area contributed by atoms with Crippen molar-refractivity contribution in [2.75, 3.05) is 33.0 Å². The lowest BCUT2D eigenvalue weighted by atomic mass is 10.0. The summed E-state index contributed by atoms with van der Waals surface area (Å²) in [5.74, 6) is -8.44. The number of hydrogen-bond donors (Lipinski definition) is 0. The average Bonchev–Trinajstić information content (AvgIpc) is 1.87. The molecule has 1 unspecified atom stereocenters. The number of amides is 2. The third-order valence-corrected chi connectivity index (χ3v) is 18.2. The molecule has 2 amide bonds. The van der Waals surface area contributed by atoms with Crippen LogP contribution in [0, 0.1) is 17.2 Å². The molecule has 3 aliphatic rings. The van der Waals surface area contributed by atoms with Crippen LogP contribution in [0.1, 0.15) is 99.0 Å². The molecule has 1 saturated heterocycles. The maximum atomic E-state index is 15.0. The molecule has 23 heteroatoms. The molecular formula is C63H55N3O16S4. The number of hydrazine groups is 1. The van der Waals surface area contributed by atoms with Crippen LogP contribution < -0.4 is 9.47 Å². The van der Waals surface area contributed by atoms with Gasteiger partial charge < -0.3 is 33.2 Å². The number of rotatable bonds is 25. The molecule has 19 nitrogen and oxygen atoms in total. The molecule has 0 aliphatic carbocycles. The zero-order valence-corrected chi connectivity index (χ0v) is 50.0. The lowest BCUT2D eigenvalue weighted by Gasteiger charge is -2.27. The largest absolute Gasteiger partial charge is 0.461 e. The minimum Gasteiger partial charge on any atom is -0.461 e. The monoisotopic (exact) mass is 1240 g/mol. The quantitative estimate of drug-likeness (QED) is 0.0100. The Morgan fingerprint density at radius 1 is 0.581 bits per heavy atom. The Kier molecular flexibility index (Phi) is 21.9. The van der Waals surface area contributed by atoms with Crippen molar-refractivity contribution in [2.45, 2.75) is 79.1 Å². The van der Waals surface area contributed by atoms with Crippen LogP contribution in [-0.4, -0.2) is 96.7 Å². The second-order valence-electron chi connectivity index (χ2n) is 19.0. The zero-order chi connectivity index (χ0) is 61.4. The Morgan fingerprint density at radius 2 is 1.01 bits per heavy atom. The van der Waals surface area contributed by atoms with Gasteiger partial charge in [-0.3, -0.25) is 9.59 Å². The minimum atomic E-state index is -1.12. The molecule has 5 aromatic rings. The van der Waals surface area contributed by atoms with Gasteiger partial charge in [0.1, 0.15) is 38.1 Å². The van der Waals surface area contributed by atoms with E-state index in [1.54, 1.807) is 24.3 Å². The number of thioether (sulfide) groups is 4. The van der Waals surface area contributed by atoms with E-state index in [-0.39, 0.29) is 125 Å². The van der Waals surface area contributed by atoms with Gasteiger partial charge in [-0.2, -0.15) is 5.26 Å². The van der Waals surface area contributed by atoms with Gasteiger partial charge in [-0.15, -0.1) is 0 Å². The van der Waals surface area contributed by atoms with Gasteiger partial charge in [-0.1, -0.05) is 178 Å². The van der Waals surface area contributed by atoms with Crippen LogP contribution in [0.5, 0.6) is 11.5 Å². The van der Waals surface area contributed by atoms with E-state index < -0.39 is 59.2 Å². The second-order valence-corrected chi connectivity index (χ2v) is 23.6. The SMILES string of the molecule is C=CC(=O)OCCOC(=O)c1ccccc1C(=O)Oc1c2c(c(OC(=O)c3ccccc3C(=O)OCCOC(=O)C(=C)C)c3c1S/C(=C(/C#N)C(=O)OCC(CC)CCCC)S3)SC(=C1C(=O)N(Cc3ccccc3)N(Cc3ccccc3)C1=O)S2. The Balaban J connectivity index is 1.27. The first-order chi connectivity index (χ1) is 41.6. The Hall–Kier alpha value is -8.82. The molecule has 1 atom stereocenters. The molecule has 86 heavy (non-hydrogen) atoms. The Bertz CT molecular complexity index is 3590. The first kappa shape index (κ1) is 63.2. The normalized spacial score (nSPS) is 14.1. The van der Waals surface area contributed by atoms with E-state index in [1.165, 1.54) is 65.5 Å². The predicted octanol–water partition coefficient (Wildman–Crippen LogP) is 11.4. The van der Waals surface area contributed by atoms with E-state index in [0.29, 0.717) is 17.5 Å². The average molecular weight is 1240 g/mol. The maximum absolute atomic E-state index is 15.0. The summed E-state index contributed by atoms with van der Waals surface area (Å²) in [6.45, 7) is 10.9. The highest BCUT2D eigenvalue weighted by Gasteiger charge is 2.47. The van der Waals surface area contributed by atoms with Crippen LogP contribution in [0.3, 0.4) is 0 Å². The van der Waals surface area contributed by atoms with Crippen molar-refractivity contribution in [3.63, 3.8) is 0 Å². The summed E-state index contributed by atoms with van der Waals surface area (Å²) < 4.78 is 39.4. The number of nitrogens with zero attached hydrogens (tertiary/aromatic N) is 3. The van der Waals surface area contributed by atoms with Crippen molar-refractivity contribution in [2.24, 2.45) is 5.92 Å². The van der Waals surface area contributed by atoms with Gasteiger partial charge in [0.25, 0.3) is 11.8 Å². The van der Waals surface area contributed by atoms with Crippen molar-refractivity contribution in [1.82, 2.24) is 10.0 Å². The van der Waals surface area contributed by atoms with E-state index in [2.05, 4.69) is 13.2 Å². The fourth-order valence-electron chi connectivity index (χ4n) is 8.56. The number of carbonyl (C=O) groups excluding carboxylic acids is 9. The van der Waals surface area contributed by atoms with Crippen molar-refractivity contribution in [1.29, 1.82) is 5.26 Å². The molecule has 0 spiro atoms. The van der Waals surface area contributed by atoms with Crippen LogP contribution in [-0.2, 0) is 60.7 Å². The summed E-state index contributed by atoms with van der Waals surface area (Å²) in [7, 11) is 0. The lowest BCUT2D eigenvalue weighted by molar-refractivity contribution is -0.149. The van der Waals surface area contributed by atoms with Crippen LogP contribution >= 0.6 is 47.0 Å². The molecule has 0 saturated carbocycles. The number of fused-ring (bicyclic) bond motifs is 2. The minimum absolute atomic E-state index is 0.00549. The summed E-state index contributed by atoms with van der Waals surface area (Å²) in [6, 6.07) is 31.2. The van der Waals surface area contributed by atoms with Gasteiger partial charge in [-0.05, 0) is 54.7 Å². The number of esters is 7. The van der Waals surface area contributed by atoms with Crippen LogP contribution in [0.4, 0.5) is 0 Å². The summed E-state index contributed by atoms with van der Waals surface area (Å²) in [4.78, 5) is 125. The molecule has 8 rings (SSSR count). The number of unbranched alkanes of at least 4 members (excludes halogenated alkanes) is 1. The molecule has 3 aliphatic heterocycles. The summed E-state index contributed by atoms with van der Waals surface area (Å²) in [6.07, 6.45) is 4.23. The lowest BCUT2D eigenvalue weighted by Crippen LogP contribution is -2.39. The zero-order valence-electron chi connectivity index (χ0n) is 46.7. The molecule has 0 radical (unpaired) electrons. The maximum Gasteiger partial charge on any atom is 0.350 e. The van der Waals surface area contributed by atoms with Crippen LogP contribution in [0.15, 0.2) is 173 Å². The van der Waals surface area contributed by atoms with Gasteiger partial charge in [0.15, 0.2) is 17.1 Å². The fraction of sp³-hybridized carbons (Fsp3) is 0.238. The van der Waals surface area contributed by atoms with E-state index >= 15 is 9.59 Å². The number of benzene rings is 5. The highest BCUT2D eigenvalue weighted by Crippen LogP contribution is 2.69. The third-order valence-electron chi connectivity index (χ3n) is 13.0. The first-order valence-electron chi connectivity index (χ1n) is 26.9. The molecule has 0 bridgehead atoms. The smallest absolute Gasteiger partial charge is 0.350 e. The van der Waals surface area contributed by atoms with Crippen LogP contribution in [0.25, 0.3) is 0 Å². The first-order valence-corrected chi connectivity index (χ1v) is 30.1. The predicted molar refractivity (Wildman–Crippen MR) is 318 cm³/mol. The summed E-state index contributed by atoms with van der Waals surface area (Å²) >= 11 is 3.32. The van der Waals surface area contributed by atoms with E-state index in [4.69, 9.17) is 33.2 Å². The highest BCUT2D eigenvalue weighted by atomic mass is 32.2. The van der Waals surface area contributed by atoms with Gasteiger partial charge in [0.05, 0.1) is 70.0 Å². The topological polar surface area (TPSA) is 249 Å². The van der Waals surface area contributed by atoms with Crippen molar-refractivity contribution in [3.05, 3.63) is 187 Å². The fourth-order valence-corrected chi connectivity index (χ4v) is 14.0. The molecule has 0 N–H and O–H groups in total. The number of nitriles is 1. The van der Waals surface area contributed by atoms with Crippen molar-refractivity contribution >= 4 is 101 Å². The van der Waals surface area contributed by atoms with Gasteiger partial charge in [0, 0.05) is 11.6 Å². The molecule has 3 heterocycles. The standard InChI is InChI=1S/C63H55N3O16S4/c1-6-9-20-38(7-2)36-80-59(73)45(33-64)62-83-50-48(81-60(74)43-27-18-16-25-41(43)57(71)78-30-29-76-46(67)8-3)52-53(49(51(50)84-62)82-61(75)44-28-19-17-26-42(44)58(72)79-32-31-77-56(70)37(4)5)86-63(85-52)47-54(68)65(34-39-21-12-10-13-22-39)66(55(47)69)35-40-23-14-11-15-24-40/h8,10-19,21-28,38H,3-4,6-7,9,20,29-32,34-36H2,1-2,5H3/b62-45+. The van der Waals surface area contributed by atoms with Gasteiger partial charge in [-0.25, -0.2) is 43.6 Å². The summed E-state index contributed by atoms with van der Waals surface area (Å²) in [5.41, 5.74) is -0.222. The molecule has 442 valence electrons. The molecule has 0 aromatic heterocycles. The van der Waals surface area contributed by atoms with Gasteiger partial charge in [0.2, 0.25) is 0 Å². The summed E-state index contributed by atoms with van der Waals surface area (Å²) in [5, 5.41) is 13.4. The molecular weight excluding hydrogens is 1180 g/mol. The van der Waals surface area contributed by atoms with Crippen molar-refractivity contribution < 1.29 is 76.3 Å². The van der Waals surface area contributed by atoms with E-state index in [1.807, 2.05) is 56.3 Å². The Morgan fingerprint density at radius 3 is 1.44 bits per heavy atom. The number of ether oxygens (including phenoxy) is 7. The Labute approximate surface area is 512 Å². The molecule has 5 aromatic carbocycles. The highest BCUT2D eigenvalue weighted by molar-refractivity contribution is 8.26. The number of hydrogen-bond acceptors (Lipinski definition) is 21. The van der Waals surface area contributed by atoms with E-state index in [0.717, 1.165) is 72.4 Å². The van der Waals surface area contributed by atoms with Crippen molar-refractivity contribution in [3.8, 4) is 17.6 Å².